The molecule has 100 valence electrons. The van der Waals surface area contributed by atoms with Crippen molar-refractivity contribution in [1.82, 2.24) is 4.90 Å². The smallest absolute Gasteiger partial charge is 0.0568 e. The van der Waals surface area contributed by atoms with Crippen LogP contribution < -0.4 is 5.32 Å². The normalized spacial score (nSPS) is 17.9. The summed E-state index contributed by atoms with van der Waals surface area (Å²) in [6.07, 6.45) is 3.68. The Bertz CT molecular complexity index is 389. The van der Waals surface area contributed by atoms with Gasteiger partial charge in [-0.25, -0.2) is 0 Å². The van der Waals surface area contributed by atoms with E-state index in [0.29, 0.717) is 6.04 Å². The molecule has 1 N–H and O–H groups in total. The van der Waals surface area contributed by atoms with Gasteiger partial charge in [0.1, 0.15) is 0 Å². The molecule has 1 heterocycles. The topological polar surface area (TPSA) is 15.3 Å². The molecule has 0 atom stereocenters. The van der Waals surface area contributed by atoms with Gasteiger partial charge in [-0.05, 0) is 59.9 Å². The Balaban J connectivity index is 1.85. The summed E-state index contributed by atoms with van der Waals surface area (Å²) in [4.78, 5) is 2.55. The molecule has 1 saturated heterocycles. The first-order valence-corrected chi connectivity index (χ1v) is 7.80. The number of hydrogen-bond acceptors (Lipinski definition) is 2. The Morgan fingerprint density at radius 1 is 1.39 bits per heavy atom. The standard InChI is InChI=1S/C14H20BrClN2/c1-2-7-18-8-5-11(6-9-18)17-12-3-4-13(15)14(16)10-12/h3-4,10-11,17H,2,5-9H2,1H3. The average Bonchev–Trinajstić information content (AvgIpc) is 2.37. The van der Waals surface area contributed by atoms with Crippen molar-refractivity contribution in [3.8, 4) is 0 Å². The summed E-state index contributed by atoms with van der Waals surface area (Å²) >= 11 is 9.51. The fraction of sp³-hybridized carbons (Fsp3) is 0.571. The van der Waals surface area contributed by atoms with Crippen molar-refractivity contribution in [3.63, 3.8) is 0 Å². The number of halogens is 2. The first kappa shape index (κ1) is 14.2. The Kier molecular flexibility index (Phi) is 5.34. The first-order valence-electron chi connectivity index (χ1n) is 6.63. The number of benzene rings is 1. The van der Waals surface area contributed by atoms with Crippen molar-refractivity contribution < 1.29 is 0 Å². The van der Waals surface area contributed by atoms with Gasteiger partial charge in [0.2, 0.25) is 0 Å². The second kappa shape index (κ2) is 6.78. The summed E-state index contributed by atoms with van der Waals surface area (Å²) in [7, 11) is 0. The van der Waals surface area contributed by atoms with Crippen molar-refractivity contribution in [1.29, 1.82) is 0 Å². The summed E-state index contributed by atoms with van der Waals surface area (Å²) in [6, 6.07) is 6.64. The second-order valence-corrected chi connectivity index (χ2v) is 6.15. The zero-order chi connectivity index (χ0) is 13.0. The maximum Gasteiger partial charge on any atom is 0.0568 e. The van der Waals surface area contributed by atoms with Crippen LogP contribution in [0, 0.1) is 0 Å². The highest BCUT2D eigenvalue weighted by atomic mass is 79.9. The van der Waals surface area contributed by atoms with Gasteiger partial charge in [0.15, 0.2) is 0 Å². The Hall–Kier alpha value is -0.250. The van der Waals surface area contributed by atoms with Gasteiger partial charge >= 0.3 is 0 Å². The van der Waals surface area contributed by atoms with Crippen LogP contribution in [0.1, 0.15) is 26.2 Å². The molecular weight excluding hydrogens is 312 g/mol. The fourth-order valence-electron chi connectivity index (χ4n) is 2.44. The summed E-state index contributed by atoms with van der Waals surface area (Å²) in [5.74, 6) is 0. The molecule has 1 fully saturated rings. The molecule has 0 bridgehead atoms. The number of hydrogen-bond donors (Lipinski definition) is 1. The fourth-order valence-corrected chi connectivity index (χ4v) is 2.87. The third-order valence-electron chi connectivity index (χ3n) is 3.42. The molecule has 0 unspecified atom stereocenters. The molecular formula is C14H20BrClN2. The van der Waals surface area contributed by atoms with E-state index in [4.69, 9.17) is 11.6 Å². The minimum Gasteiger partial charge on any atom is -0.382 e. The van der Waals surface area contributed by atoms with Crippen LogP contribution >= 0.6 is 27.5 Å². The number of nitrogens with zero attached hydrogens (tertiary/aromatic N) is 1. The molecule has 0 amide bonds. The highest BCUT2D eigenvalue weighted by Gasteiger charge is 2.18. The Morgan fingerprint density at radius 3 is 2.72 bits per heavy atom. The highest BCUT2D eigenvalue weighted by molar-refractivity contribution is 9.10. The van der Waals surface area contributed by atoms with Gasteiger partial charge in [-0.1, -0.05) is 18.5 Å². The van der Waals surface area contributed by atoms with E-state index in [9.17, 15) is 0 Å². The zero-order valence-corrected chi connectivity index (χ0v) is 13.1. The van der Waals surface area contributed by atoms with Gasteiger partial charge in [0, 0.05) is 29.3 Å². The molecule has 4 heteroatoms. The van der Waals surface area contributed by atoms with E-state index < -0.39 is 0 Å². The number of likely N-dealkylation sites (tertiary alicyclic amines) is 1. The van der Waals surface area contributed by atoms with Crippen LogP contribution in [0.25, 0.3) is 0 Å². The maximum absolute atomic E-state index is 6.10. The van der Waals surface area contributed by atoms with Crippen LogP contribution in [-0.2, 0) is 0 Å². The van der Waals surface area contributed by atoms with Crippen LogP contribution in [0.5, 0.6) is 0 Å². The molecule has 2 nitrogen and oxygen atoms in total. The quantitative estimate of drug-likeness (QED) is 0.880. The van der Waals surface area contributed by atoms with Crippen molar-refractivity contribution in [2.45, 2.75) is 32.2 Å². The number of piperidine rings is 1. The molecule has 1 aromatic carbocycles. The molecule has 2 rings (SSSR count). The lowest BCUT2D eigenvalue weighted by molar-refractivity contribution is 0.219. The van der Waals surface area contributed by atoms with E-state index in [0.717, 1.165) is 15.2 Å². The Morgan fingerprint density at radius 2 is 2.11 bits per heavy atom. The van der Waals surface area contributed by atoms with Crippen LogP contribution in [0.4, 0.5) is 5.69 Å². The van der Waals surface area contributed by atoms with E-state index in [2.05, 4.69) is 39.1 Å². The molecule has 1 aliphatic heterocycles. The predicted octanol–water partition coefficient (Wildman–Crippen LogP) is 4.39. The van der Waals surface area contributed by atoms with Crippen molar-refractivity contribution in [2.24, 2.45) is 0 Å². The van der Waals surface area contributed by atoms with Crippen LogP contribution in [0.2, 0.25) is 5.02 Å². The van der Waals surface area contributed by atoms with E-state index in [1.165, 1.54) is 38.9 Å². The van der Waals surface area contributed by atoms with Crippen molar-refractivity contribution in [2.75, 3.05) is 25.0 Å². The maximum atomic E-state index is 6.10. The summed E-state index contributed by atoms with van der Waals surface area (Å²) < 4.78 is 0.951. The van der Waals surface area contributed by atoms with Gasteiger partial charge in [0.05, 0.1) is 5.02 Å². The monoisotopic (exact) mass is 330 g/mol. The van der Waals surface area contributed by atoms with Crippen LogP contribution in [0.15, 0.2) is 22.7 Å². The van der Waals surface area contributed by atoms with Crippen molar-refractivity contribution >= 4 is 33.2 Å². The van der Waals surface area contributed by atoms with Gasteiger partial charge < -0.3 is 10.2 Å². The predicted molar refractivity (Wildman–Crippen MR) is 82.5 cm³/mol. The van der Waals surface area contributed by atoms with Gasteiger partial charge in [-0.2, -0.15) is 0 Å². The molecule has 0 aromatic heterocycles. The molecule has 1 aromatic rings. The summed E-state index contributed by atoms with van der Waals surface area (Å²) in [5, 5.41) is 4.35. The minimum atomic E-state index is 0.579. The third kappa shape index (κ3) is 3.87. The molecule has 18 heavy (non-hydrogen) atoms. The molecule has 0 saturated carbocycles. The van der Waals surface area contributed by atoms with E-state index in [1.54, 1.807) is 0 Å². The summed E-state index contributed by atoms with van der Waals surface area (Å²) in [5.41, 5.74) is 1.12. The largest absolute Gasteiger partial charge is 0.382 e. The number of nitrogens with one attached hydrogen (secondary N) is 1. The van der Waals surface area contributed by atoms with Crippen molar-refractivity contribution in [3.05, 3.63) is 27.7 Å². The minimum absolute atomic E-state index is 0.579. The first-order chi connectivity index (χ1) is 8.69. The van der Waals surface area contributed by atoms with E-state index in [-0.39, 0.29) is 0 Å². The number of rotatable bonds is 4. The molecule has 0 radical (unpaired) electrons. The SMILES string of the molecule is CCCN1CCC(Nc2ccc(Br)c(Cl)c2)CC1. The highest BCUT2D eigenvalue weighted by Crippen LogP contribution is 2.26. The van der Waals surface area contributed by atoms with Gasteiger partial charge in [-0.15, -0.1) is 0 Å². The molecule has 1 aliphatic rings. The van der Waals surface area contributed by atoms with E-state index >= 15 is 0 Å². The summed E-state index contributed by atoms with van der Waals surface area (Å²) in [6.45, 7) is 5.89. The van der Waals surface area contributed by atoms with Crippen LogP contribution in [0.3, 0.4) is 0 Å². The Labute approximate surface area is 123 Å². The second-order valence-electron chi connectivity index (χ2n) is 4.89. The average molecular weight is 332 g/mol. The van der Waals surface area contributed by atoms with Gasteiger partial charge in [0.25, 0.3) is 0 Å². The van der Waals surface area contributed by atoms with Gasteiger partial charge in [-0.3, -0.25) is 0 Å². The lowest BCUT2D eigenvalue weighted by Crippen LogP contribution is -2.39. The lowest BCUT2D eigenvalue weighted by Gasteiger charge is -2.32. The third-order valence-corrected chi connectivity index (χ3v) is 4.65. The lowest BCUT2D eigenvalue weighted by atomic mass is 10.0. The van der Waals surface area contributed by atoms with Crippen LogP contribution in [-0.4, -0.2) is 30.6 Å². The molecule has 0 spiro atoms. The number of anilines is 1. The molecule has 0 aliphatic carbocycles. The van der Waals surface area contributed by atoms with E-state index in [1.807, 2.05) is 12.1 Å². The zero-order valence-electron chi connectivity index (χ0n) is 10.8.